The monoisotopic (exact) mass is 240 g/mol. The van der Waals surface area contributed by atoms with E-state index >= 15 is 0 Å². The summed E-state index contributed by atoms with van der Waals surface area (Å²) in [7, 11) is 0. The van der Waals surface area contributed by atoms with E-state index in [1.54, 1.807) is 0 Å². The largest absolute Gasteiger partial charge is 4.00 e. The fraction of sp³-hybridized carbons (Fsp3) is 0. The van der Waals surface area contributed by atoms with Gasteiger partial charge in [-0.2, -0.15) is 0 Å². The van der Waals surface area contributed by atoms with Gasteiger partial charge in [-0.15, -0.1) is 0 Å². The Morgan fingerprint density at radius 3 is 0.500 bits per heavy atom. The molecule has 0 aromatic carbocycles. The summed E-state index contributed by atoms with van der Waals surface area (Å²) in [6, 6.07) is 0. The molecule has 2 nitrogen and oxygen atoms in total. The zero-order valence-electron chi connectivity index (χ0n) is 2.52. The van der Waals surface area contributed by atoms with Crippen LogP contribution >= 0.6 is 0 Å². The molecule has 0 aliphatic heterocycles. The van der Waals surface area contributed by atoms with Crippen LogP contribution in [-0.4, -0.2) is 0 Å². The Morgan fingerprint density at radius 1 is 0.500 bits per heavy atom. The zero-order valence-corrected chi connectivity index (χ0v) is 7.86. The maximum Gasteiger partial charge on any atom is 4.00 e. The molecule has 0 aromatic rings. The van der Waals surface area contributed by atoms with Gasteiger partial charge >= 0.3 is 77.6 Å². The van der Waals surface area contributed by atoms with Gasteiger partial charge in [-0.3, -0.25) is 0 Å². The van der Waals surface area contributed by atoms with Crippen molar-refractivity contribution in [3.63, 3.8) is 0 Å². The van der Waals surface area contributed by atoms with Crippen molar-refractivity contribution in [2.24, 2.45) is 0 Å². The molecule has 28 valence electrons. The van der Waals surface area contributed by atoms with Crippen LogP contribution in [-0.2, 0) is 88.5 Å². The molecule has 0 aliphatic carbocycles. The number of hydrogen-bond acceptors (Lipinski definition) is 0. The molecule has 0 bridgehead atoms. The smallest absolute Gasteiger partial charge is 2.00 e. The van der Waals surface area contributed by atoms with Gasteiger partial charge in [0.2, 0.25) is 0 Å². The van der Waals surface area contributed by atoms with Gasteiger partial charge in [0.1, 0.15) is 0 Å². The van der Waals surface area contributed by atoms with Crippen molar-refractivity contribution >= 4 is 0 Å². The molecule has 0 N–H and O–H groups in total. The molecule has 0 rings (SSSR count). The van der Waals surface area contributed by atoms with Crippen LogP contribution in [0.5, 0.6) is 0 Å². The summed E-state index contributed by atoms with van der Waals surface area (Å²) in [6.07, 6.45) is 0. The molecular formula is Fe2O2Ti2+8. The fourth-order valence-electron chi connectivity index (χ4n) is 0. The predicted octanol–water partition coefficient (Wildman–Crippen LogP) is -0.248. The Bertz CT molecular complexity index is 9.51. The van der Waals surface area contributed by atoms with Crippen LogP contribution in [0.1, 0.15) is 0 Å². The Balaban J connectivity index is 0. The molecule has 0 amide bonds. The SMILES string of the molecule is [Fe+2].[Fe+2].[O-2].[O-2].[Ti+4].[Ti+4]. The van der Waals surface area contributed by atoms with Crippen LogP contribution in [0.4, 0.5) is 0 Å². The van der Waals surface area contributed by atoms with Crippen LogP contribution in [0.2, 0.25) is 0 Å². The maximum atomic E-state index is 0. The minimum absolute atomic E-state index is 0. The predicted molar refractivity (Wildman–Crippen MR) is 1.37 cm³/mol. The standard InChI is InChI=1S/2Fe.2O.2Ti/q2*+2;2*-2;2*+4. The van der Waals surface area contributed by atoms with Gasteiger partial charge in [-0.05, 0) is 0 Å². The molecule has 0 fully saturated rings. The summed E-state index contributed by atoms with van der Waals surface area (Å²) < 4.78 is 0. The molecular weight excluding hydrogens is 239 g/mol. The van der Waals surface area contributed by atoms with Crippen LogP contribution in [0, 0.1) is 0 Å². The molecule has 0 heterocycles. The second-order valence-corrected chi connectivity index (χ2v) is 0. The summed E-state index contributed by atoms with van der Waals surface area (Å²) in [5, 5.41) is 0. The first kappa shape index (κ1) is 80.3. The average Bonchev–Trinajstić information content (AvgIpc) is 0. The van der Waals surface area contributed by atoms with E-state index in [1.165, 1.54) is 0 Å². The first-order valence-electron chi connectivity index (χ1n) is 0. The molecule has 6 heavy (non-hydrogen) atoms. The number of hydrogen-bond donors (Lipinski definition) is 0. The van der Waals surface area contributed by atoms with E-state index in [0.29, 0.717) is 0 Å². The van der Waals surface area contributed by atoms with Crippen LogP contribution < -0.4 is 0 Å². The summed E-state index contributed by atoms with van der Waals surface area (Å²) in [4.78, 5) is 0. The van der Waals surface area contributed by atoms with Crippen molar-refractivity contribution in [2.45, 2.75) is 0 Å². The average molecular weight is 239 g/mol. The van der Waals surface area contributed by atoms with Crippen LogP contribution in [0.15, 0.2) is 0 Å². The van der Waals surface area contributed by atoms with E-state index in [9.17, 15) is 0 Å². The van der Waals surface area contributed by atoms with E-state index in [0.717, 1.165) is 0 Å². The van der Waals surface area contributed by atoms with Crippen LogP contribution in [0.25, 0.3) is 0 Å². The maximum absolute atomic E-state index is 0. The van der Waals surface area contributed by atoms with Gasteiger partial charge in [0, 0.05) is 0 Å². The Labute approximate surface area is 87.5 Å². The molecule has 0 saturated heterocycles. The van der Waals surface area contributed by atoms with Crippen molar-refractivity contribution in [2.75, 3.05) is 0 Å². The van der Waals surface area contributed by atoms with Crippen molar-refractivity contribution in [3.8, 4) is 0 Å². The van der Waals surface area contributed by atoms with E-state index in [-0.39, 0.29) is 88.5 Å². The molecule has 0 radical (unpaired) electrons. The molecule has 0 unspecified atom stereocenters. The zero-order chi connectivity index (χ0) is 0. The van der Waals surface area contributed by atoms with Crippen molar-refractivity contribution in [3.05, 3.63) is 0 Å². The van der Waals surface area contributed by atoms with Crippen molar-refractivity contribution in [1.29, 1.82) is 0 Å². The normalized spacial score (nSPS) is 0. The number of rotatable bonds is 0. The van der Waals surface area contributed by atoms with Gasteiger partial charge < -0.3 is 11.0 Å². The quantitative estimate of drug-likeness (QED) is 0.524. The summed E-state index contributed by atoms with van der Waals surface area (Å²) in [5.41, 5.74) is 0. The van der Waals surface area contributed by atoms with Crippen LogP contribution in [0.3, 0.4) is 0 Å². The van der Waals surface area contributed by atoms with E-state index in [2.05, 4.69) is 0 Å². The summed E-state index contributed by atoms with van der Waals surface area (Å²) in [6.45, 7) is 0. The third-order valence-corrected chi connectivity index (χ3v) is 0. The van der Waals surface area contributed by atoms with E-state index < -0.39 is 0 Å². The molecule has 0 saturated carbocycles. The molecule has 0 aliphatic rings. The Hall–Kier alpha value is 2.39. The van der Waals surface area contributed by atoms with Gasteiger partial charge in [0.15, 0.2) is 0 Å². The van der Waals surface area contributed by atoms with Gasteiger partial charge in [0.25, 0.3) is 0 Å². The van der Waals surface area contributed by atoms with E-state index in [1.807, 2.05) is 0 Å². The van der Waals surface area contributed by atoms with Gasteiger partial charge in [0.05, 0.1) is 0 Å². The van der Waals surface area contributed by atoms with E-state index in [4.69, 9.17) is 0 Å². The third kappa shape index (κ3) is 32.5. The molecule has 6 heteroatoms. The van der Waals surface area contributed by atoms with Crippen molar-refractivity contribution < 1.29 is 88.5 Å². The van der Waals surface area contributed by atoms with Gasteiger partial charge in [-0.25, -0.2) is 0 Å². The van der Waals surface area contributed by atoms with Gasteiger partial charge in [-0.1, -0.05) is 0 Å². The molecule has 0 aromatic heterocycles. The first-order chi connectivity index (χ1) is 0. The summed E-state index contributed by atoms with van der Waals surface area (Å²) in [5.74, 6) is 0. The second kappa shape index (κ2) is 52.9. The second-order valence-electron chi connectivity index (χ2n) is 0. The fourth-order valence-corrected chi connectivity index (χ4v) is 0. The third-order valence-electron chi connectivity index (χ3n) is 0. The molecule has 0 spiro atoms. The van der Waals surface area contributed by atoms with Crippen molar-refractivity contribution in [1.82, 2.24) is 0 Å². The minimum Gasteiger partial charge on any atom is -2.00 e. The first-order valence-corrected chi connectivity index (χ1v) is 0. The Kier molecular flexibility index (Phi) is 708. The molecule has 0 atom stereocenters. The topological polar surface area (TPSA) is 57.0 Å². The summed E-state index contributed by atoms with van der Waals surface area (Å²) >= 11 is 0. The Morgan fingerprint density at radius 2 is 0.500 bits per heavy atom. The minimum atomic E-state index is 0.